The Labute approximate surface area is 135 Å². The van der Waals surface area contributed by atoms with E-state index in [4.69, 9.17) is 0 Å². The maximum Gasteiger partial charge on any atom is 0.293 e. The summed E-state index contributed by atoms with van der Waals surface area (Å²) in [5, 5.41) is 7.41. The van der Waals surface area contributed by atoms with E-state index in [1.165, 1.54) is 11.5 Å². The maximum atomic E-state index is 12.5. The summed E-state index contributed by atoms with van der Waals surface area (Å²) in [6.07, 6.45) is 3.67. The van der Waals surface area contributed by atoms with E-state index in [-0.39, 0.29) is 17.2 Å². The molecule has 7 heteroatoms. The molecule has 0 saturated carbocycles. The van der Waals surface area contributed by atoms with Crippen molar-refractivity contribution in [2.24, 2.45) is 0 Å². The summed E-state index contributed by atoms with van der Waals surface area (Å²) in [6, 6.07) is 1.56. The van der Waals surface area contributed by atoms with Crippen molar-refractivity contribution in [1.82, 2.24) is 19.3 Å². The van der Waals surface area contributed by atoms with Gasteiger partial charge < -0.3 is 9.88 Å². The molecule has 0 aliphatic carbocycles. The number of carbonyl (C=O) groups is 1. The number of nitrogens with zero attached hydrogens (tertiary/aromatic N) is 4. The summed E-state index contributed by atoms with van der Waals surface area (Å²) < 4.78 is 3.33. The summed E-state index contributed by atoms with van der Waals surface area (Å²) >= 11 is 0. The largest absolute Gasteiger partial charge is 0.364 e. The summed E-state index contributed by atoms with van der Waals surface area (Å²) in [7, 11) is 0. The van der Waals surface area contributed by atoms with Crippen LogP contribution in [0.5, 0.6) is 0 Å². The average Bonchev–Trinajstić information content (AvgIpc) is 2.81. The highest BCUT2D eigenvalue weighted by Gasteiger charge is 2.17. The summed E-state index contributed by atoms with van der Waals surface area (Å²) in [5.41, 5.74) is 1.77. The van der Waals surface area contributed by atoms with Gasteiger partial charge >= 0.3 is 0 Å². The van der Waals surface area contributed by atoms with Crippen molar-refractivity contribution in [3.8, 4) is 0 Å². The van der Waals surface area contributed by atoms with Gasteiger partial charge in [0.2, 0.25) is 0 Å². The summed E-state index contributed by atoms with van der Waals surface area (Å²) in [5.74, 6) is 0.225. The van der Waals surface area contributed by atoms with Crippen LogP contribution in [-0.4, -0.2) is 31.7 Å². The summed E-state index contributed by atoms with van der Waals surface area (Å²) in [6.45, 7) is 8.49. The molecule has 0 amide bonds. The van der Waals surface area contributed by atoms with Crippen molar-refractivity contribution in [2.75, 3.05) is 11.9 Å². The van der Waals surface area contributed by atoms with Gasteiger partial charge in [0.15, 0.2) is 11.6 Å². The fourth-order valence-electron chi connectivity index (χ4n) is 2.65. The van der Waals surface area contributed by atoms with Gasteiger partial charge in [0.1, 0.15) is 0 Å². The van der Waals surface area contributed by atoms with Crippen molar-refractivity contribution in [1.29, 1.82) is 0 Å². The molecule has 0 aromatic carbocycles. The number of rotatable bonds is 7. The second-order valence-electron chi connectivity index (χ2n) is 5.60. The molecule has 23 heavy (non-hydrogen) atoms. The molecule has 0 fully saturated rings. The van der Waals surface area contributed by atoms with Gasteiger partial charge in [0, 0.05) is 24.6 Å². The molecule has 2 aromatic rings. The van der Waals surface area contributed by atoms with Gasteiger partial charge in [-0.05, 0) is 33.3 Å². The zero-order valence-electron chi connectivity index (χ0n) is 14.0. The first kappa shape index (κ1) is 16.9. The highest BCUT2D eigenvalue weighted by atomic mass is 16.1. The number of aromatic nitrogens is 4. The van der Waals surface area contributed by atoms with Gasteiger partial charge in [0.25, 0.3) is 5.56 Å². The molecule has 2 aromatic heterocycles. The predicted octanol–water partition coefficient (Wildman–Crippen LogP) is 1.71. The fraction of sp³-hybridized carbons (Fsp3) is 0.500. The van der Waals surface area contributed by atoms with Gasteiger partial charge in [-0.15, -0.1) is 0 Å². The third-order valence-corrected chi connectivity index (χ3v) is 3.78. The predicted molar refractivity (Wildman–Crippen MR) is 88.7 cm³/mol. The first-order valence-corrected chi connectivity index (χ1v) is 7.76. The average molecular weight is 317 g/mol. The quantitative estimate of drug-likeness (QED) is 0.840. The second kappa shape index (κ2) is 7.21. The molecular weight excluding hydrogens is 294 g/mol. The Hall–Kier alpha value is -2.44. The molecule has 1 unspecified atom stereocenters. The Kier molecular flexibility index (Phi) is 5.31. The lowest BCUT2D eigenvalue weighted by atomic mass is 10.1. The summed E-state index contributed by atoms with van der Waals surface area (Å²) in [4.78, 5) is 28.2. The number of ketones is 1. The van der Waals surface area contributed by atoms with E-state index in [0.29, 0.717) is 19.5 Å². The third kappa shape index (κ3) is 3.85. The van der Waals surface area contributed by atoms with Crippen LogP contribution < -0.4 is 10.9 Å². The number of hydrogen-bond acceptors (Lipinski definition) is 5. The normalized spacial score (nSPS) is 12.2. The molecule has 0 spiro atoms. The molecule has 1 N–H and O–H groups in total. The zero-order chi connectivity index (χ0) is 17.0. The topological polar surface area (TPSA) is 81.8 Å². The minimum atomic E-state index is -0.443. The molecule has 124 valence electrons. The Morgan fingerprint density at radius 2 is 2.13 bits per heavy atom. The molecule has 0 aliphatic rings. The number of anilines is 1. The van der Waals surface area contributed by atoms with Crippen LogP contribution >= 0.6 is 0 Å². The number of carbonyl (C=O) groups excluding carboxylic acids is 1. The first-order chi connectivity index (χ1) is 10.9. The SMILES string of the molecule is CCC(C(C)=O)n1ccnc(NCCn2nc(C)cc2C)c1=O. The number of Topliss-reactive ketones (excluding diaryl/α,β-unsaturated/α-hetero) is 1. The van der Waals surface area contributed by atoms with Crippen LogP contribution in [0.1, 0.15) is 37.7 Å². The van der Waals surface area contributed by atoms with Crippen molar-refractivity contribution >= 4 is 11.6 Å². The van der Waals surface area contributed by atoms with Crippen LogP contribution in [0.3, 0.4) is 0 Å². The molecule has 0 aliphatic heterocycles. The standard InChI is InChI=1S/C16H23N5O2/c1-5-14(13(4)22)20-8-6-17-15(16(20)23)18-7-9-21-12(3)10-11(2)19-21/h6,8,10,14H,5,7,9H2,1-4H3,(H,17,18). The number of aryl methyl sites for hydroxylation is 2. The van der Waals surface area contributed by atoms with E-state index >= 15 is 0 Å². The van der Waals surface area contributed by atoms with Crippen LogP contribution in [-0.2, 0) is 11.3 Å². The van der Waals surface area contributed by atoms with Gasteiger partial charge in [-0.1, -0.05) is 6.92 Å². The molecule has 7 nitrogen and oxygen atoms in total. The molecule has 0 bridgehead atoms. The second-order valence-corrected chi connectivity index (χ2v) is 5.60. The molecule has 2 rings (SSSR count). The first-order valence-electron chi connectivity index (χ1n) is 7.76. The van der Waals surface area contributed by atoms with Gasteiger partial charge in [-0.25, -0.2) is 4.98 Å². The highest BCUT2D eigenvalue weighted by Crippen LogP contribution is 2.10. The molecule has 0 radical (unpaired) electrons. The number of hydrogen-bond donors (Lipinski definition) is 1. The Morgan fingerprint density at radius 1 is 1.39 bits per heavy atom. The minimum absolute atomic E-state index is 0.0330. The number of nitrogens with one attached hydrogen (secondary N) is 1. The van der Waals surface area contributed by atoms with Crippen molar-refractivity contribution in [3.63, 3.8) is 0 Å². The minimum Gasteiger partial charge on any atom is -0.364 e. The lowest BCUT2D eigenvalue weighted by Gasteiger charge is -2.16. The van der Waals surface area contributed by atoms with Gasteiger partial charge in [0.05, 0.1) is 18.3 Å². The van der Waals surface area contributed by atoms with Crippen molar-refractivity contribution < 1.29 is 4.79 Å². The molecule has 2 heterocycles. The van der Waals surface area contributed by atoms with Gasteiger partial charge in [-0.3, -0.25) is 14.3 Å². The van der Waals surface area contributed by atoms with Crippen molar-refractivity contribution in [2.45, 2.75) is 46.7 Å². The van der Waals surface area contributed by atoms with E-state index in [0.717, 1.165) is 11.4 Å². The maximum absolute atomic E-state index is 12.5. The van der Waals surface area contributed by atoms with Crippen LogP contribution in [0.2, 0.25) is 0 Å². The molecule has 0 saturated heterocycles. The highest BCUT2D eigenvalue weighted by molar-refractivity contribution is 5.79. The van der Waals surface area contributed by atoms with Crippen LogP contribution in [0.4, 0.5) is 5.82 Å². The fourth-order valence-corrected chi connectivity index (χ4v) is 2.65. The molecular formula is C16H23N5O2. The van der Waals surface area contributed by atoms with Crippen molar-refractivity contribution in [3.05, 3.63) is 40.2 Å². The van der Waals surface area contributed by atoms with E-state index in [1.54, 1.807) is 12.4 Å². The van der Waals surface area contributed by atoms with E-state index < -0.39 is 6.04 Å². The van der Waals surface area contributed by atoms with E-state index in [2.05, 4.69) is 15.4 Å². The van der Waals surface area contributed by atoms with Gasteiger partial charge in [-0.2, -0.15) is 5.10 Å². The Bertz CT molecular complexity index is 747. The van der Waals surface area contributed by atoms with E-state index in [1.807, 2.05) is 31.5 Å². The third-order valence-electron chi connectivity index (χ3n) is 3.78. The Morgan fingerprint density at radius 3 is 2.70 bits per heavy atom. The Balaban J connectivity index is 2.10. The molecule has 1 atom stereocenters. The smallest absolute Gasteiger partial charge is 0.293 e. The zero-order valence-corrected chi connectivity index (χ0v) is 14.0. The lowest BCUT2D eigenvalue weighted by Crippen LogP contribution is -2.31. The van der Waals surface area contributed by atoms with Crippen LogP contribution in [0.25, 0.3) is 0 Å². The lowest BCUT2D eigenvalue weighted by molar-refractivity contribution is -0.120. The van der Waals surface area contributed by atoms with Crippen LogP contribution in [0.15, 0.2) is 23.3 Å². The monoisotopic (exact) mass is 317 g/mol. The van der Waals surface area contributed by atoms with E-state index in [9.17, 15) is 9.59 Å². The van der Waals surface area contributed by atoms with Crippen LogP contribution in [0, 0.1) is 13.8 Å².